The first-order valence-corrected chi connectivity index (χ1v) is 18.1. The van der Waals surface area contributed by atoms with Crippen molar-refractivity contribution in [3.05, 3.63) is 36.5 Å². The van der Waals surface area contributed by atoms with Crippen LogP contribution in [0, 0.1) is 0 Å². The number of nitrogens with one attached hydrogen (secondary N) is 1. The summed E-state index contributed by atoms with van der Waals surface area (Å²) in [4.78, 5) is 2.22. The highest BCUT2D eigenvalue weighted by Crippen LogP contribution is 2.14. The second-order valence-electron chi connectivity index (χ2n) is 12.4. The minimum absolute atomic E-state index is 0.938. The zero-order valence-corrected chi connectivity index (χ0v) is 28.5. The van der Waals surface area contributed by atoms with Gasteiger partial charge in [0.2, 0.25) is 0 Å². The van der Waals surface area contributed by atoms with Gasteiger partial charge in [-0.3, -0.25) is 0 Å². The molecule has 0 aromatic carbocycles. The van der Waals surface area contributed by atoms with Crippen LogP contribution in [0.4, 0.5) is 0 Å². The molecule has 0 atom stereocenters. The van der Waals surface area contributed by atoms with E-state index in [-0.39, 0.29) is 0 Å². The van der Waals surface area contributed by atoms with Crippen LogP contribution in [-0.4, -0.2) is 37.8 Å². The lowest BCUT2D eigenvalue weighted by molar-refractivity contribution is 0.402. The first-order chi connectivity index (χ1) is 20.2. The van der Waals surface area contributed by atoms with Gasteiger partial charge in [-0.25, -0.2) is 0 Å². The highest BCUT2D eigenvalue weighted by atomic mass is 15.3. The third-order valence-electron chi connectivity index (χ3n) is 7.83. The molecule has 0 bridgehead atoms. The first kappa shape index (κ1) is 39.6. The molecule has 0 fully saturated rings. The van der Waals surface area contributed by atoms with Gasteiger partial charge in [-0.2, -0.15) is 5.10 Å². The normalized spacial score (nSPS) is 12.7. The molecule has 0 saturated heterocycles. The van der Waals surface area contributed by atoms with Gasteiger partial charge in [0.05, 0.1) is 0 Å². The number of hydrogen-bond acceptors (Lipinski definition) is 3. The van der Waals surface area contributed by atoms with Gasteiger partial charge in [0, 0.05) is 18.8 Å². The van der Waals surface area contributed by atoms with Gasteiger partial charge in [0.25, 0.3) is 0 Å². The van der Waals surface area contributed by atoms with Crippen LogP contribution in [0.25, 0.3) is 0 Å². The van der Waals surface area contributed by atoms with E-state index in [1.165, 1.54) is 166 Å². The molecule has 3 heteroatoms. The molecule has 0 aromatic rings. The molecular formula is C38H73N3. The molecule has 0 unspecified atom stereocenters. The van der Waals surface area contributed by atoms with Crippen LogP contribution in [-0.2, 0) is 0 Å². The van der Waals surface area contributed by atoms with Gasteiger partial charge in [0.1, 0.15) is 0 Å². The summed E-state index contributed by atoms with van der Waals surface area (Å²) in [5.41, 5.74) is 4.75. The van der Waals surface area contributed by atoms with Crippen molar-refractivity contribution in [2.45, 2.75) is 174 Å². The Morgan fingerprint density at radius 2 is 0.902 bits per heavy atom. The van der Waals surface area contributed by atoms with E-state index in [1.54, 1.807) is 0 Å². The maximum absolute atomic E-state index is 4.82. The molecule has 3 nitrogen and oxygen atoms in total. The number of likely N-dealkylation sites (N-methyl/N-ethyl adjacent to an activating group) is 1. The molecule has 41 heavy (non-hydrogen) atoms. The third-order valence-corrected chi connectivity index (χ3v) is 7.83. The molecule has 0 heterocycles. The van der Waals surface area contributed by atoms with Crippen LogP contribution in [0.5, 0.6) is 0 Å². The lowest BCUT2D eigenvalue weighted by Crippen LogP contribution is -2.24. The second kappa shape index (κ2) is 34.8. The van der Waals surface area contributed by atoms with Crippen molar-refractivity contribution in [3.63, 3.8) is 0 Å². The van der Waals surface area contributed by atoms with Crippen molar-refractivity contribution in [1.82, 2.24) is 10.3 Å². The highest BCUT2D eigenvalue weighted by molar-refractivity contribution is 5.84. The lowest BCUT2D eigenvalue weighted by Gasteiger charge is -2.11. The monoisotopic (exact) mass is 572 g/mol. The molecule has 0 rings (SSSR count). The zero-order chi connectivity index (χ0) is 29.9. The number of hydrazone groups is 1. The maximum Gasteiger partial charge on any atom is 0.0456 e. The van der Waals surface area contributed by atoms with Gasteiger partial charge in [-0.15, -0.1) is 0 Å². The van der Waals surface area contributed by atoms with Crippen molar-refractivity contribution in [2.24, 2.45) is 5.10 Å². The molecule has 0 aromatic heterocycles. The molecule has 240 valence electrons. The summed E-state index contributed by atoms with van der Waals surface area (Å²) >= 11 is 0. The van der Waals surface area contributed by atoms with Crippen LogP contribution >= 0.6 is 0 Å². The van der Waals surface area contributed by atoms with E-state index in [4.69, 9.17) is 5.10 Å². The zero-order valence-electron chi connectivity index (χ0n) is 28.5. The number of nitrogens with zero attached hydrogens (tertiary/aromatic N) is 2. The molecule has 0 radical (unpaired) electrons. The van der Waals surface area contributed by atoms with Crippen molar-refractivity contribution >= 4 is 5.71 Å². The Bertz CT molecular complexity index is 617. The van der Waals surface area contributed by atoms with Crippen molar-refractivity contribution in [1.29, 1.82) is 0 Å². The Balaban J connectivity index is 3.87. The summed E-state index contributed by atoms with van der Waals surface area (Å²) in [5, 5.41) is 4.82. The van der Waals surface area contributed by atoms with E-state index < -0.39 is 0 Å². The van der Waals surface area contributed by atoms with Crippen LogP contribution in [0.3, 0.4) is 0 Å². The fourth-order valence-corrected chi connectivity index (χ4v) is 5.06. The van der Waals surface area contributed by atoms with Crippen LogP contribution in [0.2, 0.25) is 0 Å². The Hall–Kier alpha value is -1.35. The number of rotatable bonds is 32. The Morgan fingerprint density at radius 3 is 1.34 bits per heavy atom. The fourth-order valence-electron chi connectivity index (χ4n) is 5.06. The Kier molecular flexibility index (Phi) is 33.7. The highest BCUT2D eigenvalue weighted by Gasteiger charge is 2.02. The quantitative estimate of drug-likeness (QED) is 0.0286. The van der Waals surface area contributed by atoms with Gasteiger partial charge < -0.3 is 10.3 Å². The Labute approximate surface area is 258 Å². The lowest BCUT2D eigenvalue weighted by atomic mass is 10.0. The van der Waals surface area contributed by atoms with E-state index in [0.29, 0.717) is 0 Å². The number of unbranched alkanes of at least 4 members (excludes halogenated alkanes) is 19. The van der Waals surface area contributed by atoms with Crippen LogP contribution < -0.4 is 5.43 Å². The largest absolute Gasteiger partial charge is 0.309 e. The molecule has 0 spiro atoms. The first-order valence-electron chi connectivity index (χ1n) is 18.1. The SMILES string of the molecule is CCCCC/C=C/C=C\CCCCCCCC/C(CCCCCCCCC/C=C/CCCCC)=N/NCCN(C)C. The maximum atomic E-state index is 4.82. The van der Waals surface area contributed by atoms with Crippen molar-refractivity contribution in [3.8, 4) is 0 Å². The molecule has 0 aliphatic carbocycles. The summed E-state index contributed by atoms with van der Waals surface area (Å²) in [6.45, 7) is 6.52. The van der Waals surface area contributed by atoms with Gasteiger partial charge in [-0.1, -0.05) is 134 Å². The summed E-state index contributed by atoms with van der Waals surface area (Å²) in [7, 11) is 4.25. The van der Waals surface area contributed by atoms with Gasteiger partial charge in [0.15, 0.2) is 0 Å². The fraction of sp³-hybridized carbons (Fsp3) is 0.816. The van der Waals surface area contributed by atoms with E-state index in [9.17, 15) is 0 Å². The van der Waals surface area contributed by atoms with E-state index in [0.717, 1.165) is 13.1 Å². The predicted molar refractivity (Wildman–Crippen MR) is 188 cm³/mol. The van der Waals surface area contributed by atoms with E-state index >= 15 is 0 Å². The summed E-state index contributed by atoms with van der Waals surface area (Å²) in [5.74, 6) is 0. The van der Waals surface area contributed by atoms with E-state index in [1.807, 2.05) is 0 Å². The number of allylic oxidation sites excluding steroid dienone is 6. The van der Waals surface area contributed by atoms with Gasteiger partial charge >= 0.3 is 0 Å². The average Bonchev–Trinajstić information content (AvgIpc) is 2.96. The minimum atomic E-state index is 0.938. The molecule has 0 aliphatic heterocycles. The number of hydrogen-bond donors (Lipinski definition) is 1. The topological polar surface area (TPSA) is 27.6 Å². The molecule has 0 saturated carbocycles. The van der Waals surface area contributed by atoms with E-state index in [2.05, 4.69) is 74.7 Å². The minimum Gasteiger partial charge on any atom is -0.309 e. The Morgan fingerprint density at radius 1 is 0.512 bits per heavy atom. The van der Waals surface area contributed by atoms with Crippen LogP contribution in [0.1, 0.15) is 174 Å². The smallest absolute Gasteiger partial charge is 0.0456 e. The summed E-state index contributed by atoms with van der Waals surface area (Å²) < 4.78 is 0. The third kappa shape index (κ3) is 34.8. The van der Waals surface area contributed by atoms with Crippen molar-refractivity contribution < 1.29 is 0 Å². The molecule has 0 aliphatic rings. The van der Waals surface area contributed by atoms with Crippen LogP contribution in [0.15, 0.2) is 41.6 Å². The average molecular weight is 572 g/mol. The molecular weight excluding hydrogens is 498 g/mol. The standard InChI is InChI=1S/C38H73N3/c1-5-7-9-11-13-15-17-19-21-23-25-27-29-31-33-35-38(40-39-36-37-41(3)4)34-32-30-28-26-24-22-20-18-16-14-12-10-8-6-2/h13-17,19,39H,5-12,18,20-37H2,1-4H3/b15-13+,16-14+,19-17-,40-38+. The summed E-state index contributed by atoms with van der Waals surface area (Å²) in [6, 6.07) is 0. The second-order valence-corrected chi connectivity index (χ2v) is 12.4. The van der Waals surface area contributed by atoms with Gasteiger partial charge in [-0.05, 0) is 91.1 Å². The molecule has 1 N–H and O–H groups in total. The van der Waals surface area contributed by atoms with Crippen molar-refractivity contribution in [2.75, 3.05) is 27.2 Å². The summed E-state index contributed by atoms with van der Waals surface area (Å²) in [6.07, 6.45) is 47.1. The molecule has 0 amide bonds. The predicted octanol–water partition coefficient (Wildman–Crippen LogP) is 12.0.